The average molecular weight is 419 g/mol. The molecule has 8 heteroatoms. The fraction of sp³-hybridized carbons (Fsp3) is 0.333. The Kier molecular flexibility index (Phi) is 6.16. The second-order valence-corrected chi connectivity index (χ2v) is 7.04. The van der Waals surface area contributed by atoms with Crippen molar-refractivity contribution in [3.63, 3.8) is 0 Å². The van der Waals surface area contributed by atoms with Gasteiger partial charge in [-0.1, -0.05) is 28.1 Å². The van der Waals surface area contributed by atoms with Gasteiger partial charge in [-0.15, -0.1) is 23.7 Å². The maximum absolute atomic E-state index is 12.3. The molecule has 2 aromatic rings. The highest BCUT2D eigenvalue weighted by Crippen LogP contribution is 2.27. The Morgan fingerprint density at radius 3 is 2.61 bits per heavy atom. The lowest BCUT2D eigenvalue weighted by molar-refractivity contribution is -0.124. The molecule has 3 rings (SSSR count). The quantitative estimate of drug-likeness (QED) is 0.800. The van der Waals surface area contributed by atoms with Crippen molar-refractivity contribution >= 4 is 50.7 Å². The van der Waals surface area contributed by atoms with Crippen LogP contribution in [0.25, 0.3) is 11.3 Å². The minimum absolute atomic E-state index is 0. The fourth-order valence-corrected chi connectivity index (χ4v) is 3.25. The number of nitrogens with two attached hydrogens (primary N) is 1. The van der Waals surface area contributed by atoms with Crippen molar-refractivity contribution < 1.29 is 9.53 Å². The van der Waals surface area contributed by atoms with Gasteiger partial charge in [-0.3, -0.25) is 4.79 Å². The summed E-state index contributed by atoms with van der Waals surface area (Å²) >= 11 is 4.81. The molecule has 124 valence electrons. The van der Waals surface area contributed by atoms with E-state index in [2.05, 4.69) is 26.2 Å². The molecule has 5 nitrogen and oxygen atoms in total. The molecule has 0 spiro atoms. The van der Waals surface area contributed by atoms with Gasteiger partial charge in [-0.05, 0) is 25.0 Å². The molecule has 1 amide bonds. The Hall–Kier alpha value is -0.990. The molecule has 23 heavy (non-hydrogen) atoms. The Labute approximate surface area is 153 Å². The van der Waals surface area contributed by atoms with Gasteiger partial charge in [-0.25, -0.2) is 4.98 Å². The SMILES string of the molecule is Cl.NC1(C(=O)Nc2nc(-c3ccc(Br)cc3)cs2)CCOCC1. The predicted molar refractivity (Wildman–Crippen MR) is 98.1 cm³/mol. The summed E-state index contributed by atoms with van der Waals surface area (Å²) in [6.45, 7) is 1.04. The Balaban J connectivity index is 0.00000192. The molecule has 2 heterocycles. The van der Waals surface area contributed by atoms with Crippen LogP contribution in [-0.2, 0) is 9.53 Å². The molecule has 1 aliphatic heterocycles. The monoisotopic (exact) mass is 417 g/mol. The number of aromatic nitrogens is 1. The third-order valence-corrected chi connectivity index (χ3v) is 4.99. The number of rotatable bonds is 3. The first-order valence-corrected chi connectivity index (χ1v) is 8.64. The van der Waals surface area contributed by atoms with Crippen LogP contribution in [0, 0.1) is 0 Å². The van der Waals surface area contributed by atoms with Crippen molar-refractivity contribution in [3.8, 4) is 11.3 Å². The van der Waals surface area contributed by atoms with Crippen LogP contribution in [-0.4, -0.2) is 29.6 Å². The Bertz CT molecular complexity index is 672. The number of benzene rings is 1. The van der Waals surface area contributed by atoms with E-state index < -0.39 is 5.54 Å². The summed E-state index contributed by atoms with van der Waals surface area (Å²) in [5.74, 6) is -0.187. The van der Waals surface area contributed by atoms with Gasteiger partial charge < -0.3 is 15.8 Å². The lowest BCUT2D eigenvalue weighted by Gasteiger charge is -2.31. The molecule has 1 fully saturated rings. The Morgan fingerprint density at radius 2 is 1.96 bits per heavy atom. The van der Waals surface area contributed by atoms with Gasteiger partial charge in [-0.2, -0.15) is 0 Å². The molecule has 0 saturated carbocycles. The van der Waals surface area contributed by atoms with Crippen LogP contribution < -0.4 is 11.1 Å². The molecule has 0 bridgehead atoms. The number of thiazole rings is 1. The van der Waals surface area contributed by atoms with Crippen LogP contribution in [0.5, 0.6) is 0 Å². The molecule has 0 unspecified atom stereocenters. The van der Waals surface area contributed by atoms with E-state index in [0.29, 0.717) is 31.2 Å². The van der Waals surface area contributed by atoms with E-state index in [4.69, 9.17) is 10.5 Å². The molecule has 0 atom stereocenters. The second-order valence-electron chi connectivity index (χ2n) is 5.27. The van der Waals surface area contributed by atoms with Gasteiger partial charge in [0.15, 0.2) is 5.13 Å². The standard InChI is InChI=1S/C15H16BrN3O2S.ClH/c16-11-3-1-10(2-4-11)12-9-22-14(18-12)19-13(20)15(17)5-7-21-8-6-15;/h1-4,9H,5-8,17H2,(H,18,19,20);1H. The summed E-state index contributed by atoms with van der Waals surface area (Å²) in [5, 5.41) is 5.32. The first-order chi connectivity index (χ1) is 10.6. The van der Waals surface area contributed by atoms with Gasteiger partial charge >= 0.3 is 0 Å². The molecule has 0 radical (unpaired) electrons. The normalized spacial score (nSPS) is 16.4. The molecule has 0 aliphatic carbocycles. The number of nitrogens with one attached hydrogen (secondary N) is 1. The molecule has 1 aromatic carbocycles. The smallest absolute Gasteiger partial charge is 0.246 e. The van der Waals surface area contributed by atoms with Gasteiger partial charge in [0.1, 0.15) is 5.54 Å². The molecular formula is C15H17BrClN3O2S. The van der Waals surface area contributed by atoms with Crippen molar-refractivity contribution in [1.82, 2.24) is 4.98 Å². The van der Waals surface area contributed by atoms with E-state index in [1.165, 1.54) is 11.3 Å². The number of nitrogens with zero attached hydrogens (tertiary/aromatic N) is 1. The van der Waals surface area contributed by atoms with Crippen molar-refractivity contribution in [1.29, 1.82) is 0 Å². The summed E-state index contributed by atoms with van der Waals surface area (Å²) in [7, 11) is 0. The third kappa shape index (κ3) is 4.30. The summed E-state index contributed by atoms with van der Waals surface area (Å²) in [4.78, 5) is 16.8. The van der Waals surface area contributed by atoms with Crippen LogP contribution in [0.15, 0.2) is 34.1 Å². The minimum Gasteiger partial charge on any atom is -0.381 e. The van der Waals surface area contributed by atoms with E-state index in [1.54, 1.807) is 0 Å². The third-order valence-electron chi connectivity index (χ3n) is 3.70. The molecule has 1 saturated heterocycles. The number of ether oxygens (including phenoxy) is 1. The maximum atomic E-state index is 12.3. The fourth-order valence-electron chi connectivity index (χ4n) is 2.27. The zero-order valence-corrected chi connectivity index (χ0v) is 15.5. The van der Waals surface area contributed by atoms with Crippen molar-refractivity contribution in [2.75, 3.05) is 18.5 Å². The first-order valence-electron chi connectivity index (χ1n) is 6.96. The molecular weight excluding hydrogens is 402 g/mol. The first kappa shape index (κ1) is 18.4. The summed E-state index contributed by atoms with van der Waals surface area (Å²) in [6.07, 6.45) is 1.06. The van der Waals surface area contributed by atoms with Crippen molar-refractivity contribution in [2.45, 2.75) is 18.4 Å². The van der Waals surface area contributed by atoms with Crippen LogP contribution >= 0.6 is 39.7 Å². The highest BCUT2D eigenvalue weighted by atomic mass is 79.9. The minimum atomic E-state index is -0.859. The van der Waals surface area contributed by atoms with Gasteiger partial charge in [0.25, 0.3) is 0 Å². The van der Waals surface area contributed by atoms with Crippen LogP contribution in [0.3, 0.4) is 0 Å². The number of hydrogen-bond acceptors (Lipinski definition) is 5. The molecule has 1 aromatic heterocycles. The number of halogens is 2. The van der Waals surface area contributed by atoms with Crippen LogP contribution in [0.1, 0.15) is 12.8 Å². The van der Waals surface area contributed by atoms with Crippen molar-refractivity contribution in [3.05, 3.63) is 34.1 Å². The van der Waals surface area contributed by atoms with Gasteiger partial charge in [0.2, 0.25) is 5.91 Å². The van der Waals surface area contributed by atoms with Crippen LogP contribution in [0.2, 0.25) is 0 Å². The largest absolute Gasteiger partial charge is 0.381 e. The van der Waals surface area contributed by atoms with E-state index in [1.807, 2.05) is 29.6 Å². The summed E-state index contributed by atoms with van der Waals surface area (Å²) < 4.78 is 6.28. The molecule has 3 N–H and O–H groups in total. The van der Waals surface area contributed by atoms with Gasteiger partial charge in [0.05, 0.1) is 5.69 Å². The topological polar surface area (TPSA) is 77.2 Å². The number of carbonyl (C=O) groups is 1. The van der Waals surface area contributed by atoms with Crippen molar-refractivity contribution in [2.24, 2.45) is 5.73 Å². The van der Waals surface area contributed by atoms with E-state index >= 15 is 0 Å². The average Bonchev–Trinajstić information content (AvgIpc) is 2.97. The number of hydrogen-bond donors (Lipinski definition) is 2. The highest BCUT2D eigenvalue weighted by molar-refractivity contribution is 9.10. The van der Waals surface area contributed by atoms with Crippen LogP contribution in [0.4, 0.5) is 5.13 Å². The summed E-state index contributed by atoms with van der Waals surface area (Å²) in [6, 6.07) is 7.88. The Morgan fingerprint density at radius 1 is 1.30 bits per heavy atom. The van der Waals surface area contributed by atoms with E-state index in [-0.39, 0.29) is 18.3 Å². The predicted octanol–water partition coefficient (Wildman–Crippen LogP) is 3.44. The second kappa shape index (κ2) is 7.72. The lowest BCUT2D eigenvalue weighted by Crippen LogP contribution is -2.54. The van der Waals surface area contributed by atoms with E-state index in [0.717, 1.165) is 15.7 Å². The lowest BCUT2D eigenvalue weighted by atomic mass is 9.90. The zero-order valence-electron chi connectivity index (χ0n) is 12.3. The molecule has 1 aliphatic rings. The van der Waals surface area contributed by atoms with Gasteiger partial charge in [0, 0.05) is 28.6 Å². The number of amides is 1. The van der Waals surface area contributed by atoms with E-state index in [9.17, 15) is 4.79 Å². The zero-order chi connectivity index (χ0) is 15.6. The number of carbonyl (C=O) groups excluding carboxylic acids is 1. The number of anilines is 1. The maximum Gasteiger partial charge on any atom is 0.246 e. The summed E-state index contributed by atoms with van der Waals surface area (Å²) in [5.41, 5.74) is 7.15. The highest BCUT2D eigenvalue weighted by Gasteiger charge is 2.36.